The van der Waals surface area contributed by atoms with Crippen LogP contribution in [0, 0.1) is 11.7 Å². The lowest BCUT2D eigenvalue weighted by Gasteiger charge is -2.23. The lowest BCUT2D eigenvalue weighted by molar-refractivity contribution is 0.170. The first-order valence-corrected chi connectivity index (χ1v) is 6.29. The number of hydrazine groups is 1. The number of hydrogen-bond donors (Lipinski definition) is 2. The van der Waals surface area contributed by atoms with Gasteiger partial charge in [-0.1, -0.05) is 13.0 Å². The molecule has 1 aromatic rings. The molecule has 0 aliphatic rings. The van der Waals surface area contributed by atoms with Crippen molar-refractivity contribution in [1.82, 2.24) is 5.43 Å². The molecule has 2 unspecified atom stereocenters. The molecule has 3 N–H and O–H groups in total. The van der Waals surface area contributed by atoms with Gasteiger partial charge in [-0.3, -0.25) is 11.3 Å². The third-order valence-electron chi connectivity index (χ3n) is 2.83. The minimum atomic E-state index is -0.269. The highest BCUT2D eigenvalue weighted by molar-refractivity contribution is 9.10. The second-order valence-electron chi connectivity index (χ2n) is 4.08. The highest BCUT2D eigenvalue weighted by Crippen LogP contribution is 2.27. The summed E-state index contributed by atoms with van der Waals surface area (Å²) in [6.45, 7) is 2.77. The maximum absolute atomic E-state index is 13.2. The van der Waals surface area contributed by atoms with Crippen LogP contribution in [0.15, 0.2) is 22.7 Å². The molecule has 17 heavy (non-hydrogen) atoms. The summed E-state index contributed by atoms with van der Waals surface area (Å²) >= 11 is 3.18. The molecule has 0 saturated heterocycles. The Bertz CT molecular complexity index is 362. The van der Waals surface area contributed by atoms with Gasteiger partial charge in [0.25, 0.3) is 0 Å². The lowest BCUT2D eigenvalue weighted by Crippen LogP contribution is -2.33. The second-order valence-corrected chi connectivity index (χ2v) is 4.93. The third-order valence-corrected chi connectivity index (χ3v) is 3.44. The van der Waals surface area contributed by atoms with E-state index in [4.69, 9.17) is 10.6 Å². The lowest BCUT2D eigenvalue weighted by atomic mass is 9.93. The Morgan fingerprint density at radius 3 is 2.76 bits per heavy atom. The number of benzene rings is 1. The van der Waals surface area contributed by atoms with Crippen LogP contribution >= 0.6 is 15.9 Å². The molecule has 0 aliphatic carbocycles. The molecule has 0 heterocycles. The van der Waals surface area contributed by atoms with E-state index in [0.29, 0.717) is 17.0 Å². The Labute approximate surface area is 110 Å². The van der Waals surface area contributed by atoms with Crippen LogP contribution in [0.3, 0.4) is 0 Å². The molecule has 1 rings (SSSR count). The number of hydrogen-bond acceptors (Lipinski definition) is 3. The first-order valence-electron chi connectivity index (χ1n) is 5.50. The predicted octanol–water partition coefficient (Wildman–Crippen LogP) is 2.77. The van der Waals surface area contributed by atoms with Gasteiger partial charge in [-0.25, -0.2) is 4.39 Å². The normalized spacial score (nSPS) is 14.6. The van der Waals surface area contributed by atoms with Crippen molar-refractivity contribution in [2.24, 2.45) is 11.8 Å². The minimum absolute atomic E-state index is 0.0120. The Hall–Kier alpha value is -0.490. The van der Waals surface area contributed by atoms with Gasteiger partial charge in [-0.05, 0) is 46.0 Å². The van der Waals surface area contributed by atoms with Gasteiger partial charge in [0, 0.05) is 19.8 Å². The molecule has 5 heteroatoms. The van der Waals surface area contributed by atoms with Crippen molar-refractivity contribution in [3.05, 3.63) is 34.1 Å². The first-order chi connectivity index (χ1) is 8.10. The summed E-state index contributed by atoms with van der Waals surface area (Å²) in [7, 11) is 1.67. The van der Waals surface area contributed by atoms with Gasteiger partial charge in [0.2, 0.25) is 0 Å². The van der Waals surface area contributed by atoms with Gasteiger partial charge in [-0.15, -0.1) is 0 Å². The van der Waals surface area contributed by atoms with E-state index in [-0.39, 0.29) is 11.9 Å². The van der Waals surface area contributed by atoms with Crippen LogP contribution in [0.25, 0.3) is 0 Å². The Kier molecular flexibility index (Phi) is 6.05. The summed E-state index contributed by atoms with van der Waals surface area (Å²) in [5.74, 6) is 5.60. The van der Waals surface area contributed by atoms with Crippen molar-refractivity contribution in [3.8, 4) is 0 Å². The Balaban J connectivity index is 2.81. The summed E-state index contributed by atoms with van der Waals surface area (Å²) < 4.78 is 18.7. The van der Waals surface area contributed by atoms with E-state index in [1.807, 2.05) is 0 Å². The Morgan fingerprint density at radius 1 is 1.53 bits per heavy atom. The second kappa shape index (κ2) is 7.06. The fourth-order valence-electron chi connectivity index (χ4n) is 1.77. The van der Waals surface area contributed by atoms with E-state index in [0.717, 1.165) is 12.0 Å². The quantitative estimate of drug-likeness (QED) is 0.627. The zero-order valence-electron chi connectivity index (χ0n) is 10.0. The zero-order valence-corrected chi connectivity index (χ0v) is 11.6. The molecule has 0 bridgehead atoms. The highest BCUT2D eigenvalue weighted by Gasteiger charge is 2.18. The van der Waals surface area contributed by atoms with Gasteiger partial charge in [0.05, 0.1) is 4.47 Å². The summed E-state index contributed by atoms with van der Waals surface area (Å²) in [5.41, 5.74) is 3.74. The summed E-state index contributed by atoms with van der Waals surface area (Å²) in [6.07, 6.45) is 0.889. The van der Waals surface area contributed by atoms with Crippen LogP contribution in [-0.2, 0) is 4.74 Å². The van der Waals surface area contributed by atoms with Gasteiger partial charge in [0.1, 0.15) is 5.82 Å². The number of nitrogens with two attached hydrogens (primary N) is 1. The molecule has 0 saturated carbocycles. The predicted molar refractivity (Wildman–Crippen MR) is 69.8 cm³/mol. The molecule has 0 amide bonds. The molecule has 1 aromatic carbocycles. The fourth-order valence-corrected chi connectivity index (χ4v) is 2.16. The van der Waals surface area contributed by atoms with Gasteiger partial charge >= 0.3 is 0 Å². The van der Waals surface area contributed by atoms with Crippen molar-refractivity contribution in [2.45, 2.75) is 19.4 Å². The van der Waals surface area contributed by atoms with Gasteiger partial charge in [-0.2, -0.15) is 0 Å². The van der Waals surface area contributed by atoms with Crippen molar-refractivity contribution >= 4 is 15.9 Å². The standard InChI is InChI=1S/C12H18BrFN2O/c1-8(5-6-17-2)12(16-15)9-3-4-11(14)10(13)7-9/h3-4,7-8,12,16H,5-6,15H2,1-2H3. The molecule has 0 aliphatic heterocycles. The third kappa shape index (κ3) is 4.03. The van der Waals surface area contributed by atoms with E-state index < -0.39 is 0 Å². The van der Waals surface area contributed by atoms with Gasteiger partial charge in [0.15, 0.2) is 0 Å². The fraction of sp³-hybridized carbons (Fsp3) is 0.500. The summed E-state index contributed by atoms with van der Waals surface area (Å²) in [4.78, 5) is 0. The molecule has 0 fully saturated rings. The number of halogens is 2. The largest absolute Gasteiger partial charge is 0.385 e. The van der Waals surface area contributed by atoms with Gasteiger partial charge < -0.3 is 4.74 Å². The zero-order chi connectivity index (χ0) is 12.8. The topological polar surface area (TPSA) is 47.3 Å². The van der Waals surface area contributed by atoms with E-state index in [9.17, 15) is 4.39 Å². The summed E-state index contributed by atoms with van der Waals surface area (Å²) in [6, 6.07) is 4.92. The maximum atomic E-state index is 13.2. The number of nitrogens with one attached hydrogen (secondary N) is 1. The Morgan fingerprint density at radius 2 is 2.24 bits per heavy atom. The molecule has 0 aromatic heterocycles. The number of ether oxygens (including phenoxy) is 1. The smallest absolute Gasteiger partial charge is 0.137 e. The van der Waals surface area contributed by atoms with Crippen molar-refractivity contribution in [2.75, 3.05) is 13.7 Å². The van der Waals surface area contributed by atoms with Crippen molar-refractivity contribution in [1.29, 1.82) is 0 Å². The van der Waals surface area contributed by atoms with Crippen molar-refractivity contribution in [3.63, 3.8) is 0 Å². The van der Waals surface area contributed by atoms with E-state index in [1.165, 1.54) is 6.07 Å². The van der Waals surface area contributed by atoms with E-state index in [1.54, 1.807) is 19.2 Å². The molecular formula is C12H18BrFN2O. The van der Waals surface area contributed by atoms with Crippen molar-refractivity contribution < 1.29 is 9.13 Å². The highest BCUT2D eigenvalue weighted by atomic mass is 79.9. The van der Waals surface area contributed by atoms with Crippen LogP contribution < -0.4 is 11.3 Å². The van der Waals surface area contributed by atoms with E-state index >= 15 is 0 Å². The average molecular weight is 305 g/mol. The molecule has 96 valence electrons. The summed E-state index contributed by atoms with van der Waals surface area (Å²) in [5, 5.41) is 0. The number of rotatable bonds is 6. The molecule has 2 atom stereocenters. The SMILES string of the molecule is COCCC(C)C(NN)c1ccc(F)c(Br)c1. The van der Waals surface area contributed by atoms with Crippen LogP contribution in [0.5, 0.6) is 0 Å². The number of methoxy groups -OCH3 is 1. The van der Waals surface area contributed by atoms with Crippen LogP contribution in [0.1, 0.15) is 24.9 Å². The van der Waals surface area contributed by atoms with Crippen LogP contribution in [-0.4, -0.2) is 13.7 Å². The minimum Gasteiger partial charge on any atom is -0.385 e. The maximum Gasteiger partial charge on any atom is 0.137 e. The molecular weight excluding hydrogens is 287 g/mol. The molecule has 0 radical (unpaired) electrons. The van der Waals surface area contributed by atoms with Crippen LogP contribution in [0.2, 0.25) is 0 Å². The molecule has 3 nitrogen and oxygen atoms in total. The molecule has 0 spiro atoms. The van der Waals surface area contributed by atoms with Crippen LogP contribution in [0.4, 0.5) is 4.39 Å². The average Bonchev–Trinajstić information content (AvgIpc) is 2.32. The van der Waals surface area contributed by atoms with E-state index in [2.05, 4.69) is 28.3 Å². The first kappa shape index (κ1) is 14.6. The monoisotopic (exact) mass is 304 g/mol.